The summed E-state index contributed by atoms with van der Waals surface area (Å²) in [7, 11) is 0. The number of rotatable bonds is 4. The minimum Gasteiger partial charge on any atom is -0.103 e. The highest BCUT2D eigenvalue weighted by molar-refractivity contribution is 4.72. The molecule has 0 heteroatoms. The predicted octanol–water partition coefficient (Wildman–Crippen LogP) is 4.19. The number of allylic oxidation sites excluding steroid dienone is 2. The highest BCUT2D eigenvalue weighted by Crippen LogP contribution is 1.98. The van der Waals surface area contributed by atoms with Crippen LogP contribution in [0.3, 0.4) is 0 Å². The van der Waals surface area contributed by atoms with Crippen molar-refractivity contribution < 1.29 is 0 Å². The molecule has 0 saturated carbocycles. The van der Waals surface area contributed by atoms with Crippen LogP contribution in [-0.4, -0.2) is 0 Å². The van der Waals surface area contributed by atoms with Crippen molar-refractivity contribution in [2.45, 2.75) is 40.0 Å². The summed E-state index contributed by atoms with van der Waals surface area (Å²) < 4.78 is 0. The number of hydrogen-bond acceptors (Lipinski definition) is 0. The third-order valence-corrected chi connectivity index (χ3v) is 1.54. The molecule has 0 nitrogen and oxygen atoms in total. The molecule has 0 radical (unpaired) electrons. The molecule has 0 aliphatic heterocycles. The molecule has 0 aromatic rings. The lowest BCUT2D eigenvalue weighted by atomic mass is 10.1. The van der Waals surface area contributed by atoms with Gasteiger partial charge in [0, 0.05) is 0 Å². The molecule has 0 saturated heterocycles. The van der Waals surface area contributed by atoms with Crippen LogP contribution in [0, 0.1) is 5.92 Å². The molecule has 11 heavy (non-hydrogen) atoms. The van der Waals surface area contributed by atoms with E-state index in [1.807, 2.05) is 12.2 Å². The Kier molecular flexibility index (Phi) is 14.5. The van der Waals surface area contributed by atoms with Crippen LogP contribution in [0.4, 0.5) is 0 Å². The Bertz CT molecular complexity index is 82.0. The largest absolute Gasteiger partial charge is 0.103 e. The van der Waals surface area contributed by atoms with Gasteiger partial charge in [0.2, 0.25) is 0 Å². The van der Waals surface area contributed by atoms with Crippen LogP contribution in [-0.2, 0) is 0 Å². The Morgan fingerprint density at radius 2 is 1.82 bits per heavy atom. The minimum absolute atomic E-state index is 0.699. The van der Waals surface area contributed by atoms with E-state index in [2.05, 4.69) is 33.9 Å². The second-order valence-electron chi connectivity index (χ2n) is 2.70. The van der Waals surface area contributed by atoms with Crippen molar-refractivity contribution in [1.29, 1.82) is 0 Å². The van der Waals surface area contributed by atoms with Gasteiger partial charge in [0.1, 0.15) is 0 Å². The second-order valence-corrected chi connectivity index (χ2v) is 2.70. The third-order valence-electron chi connectivity index (χ3n) is 1.54. The van der Waals surface area contributed by atoms with Crippen molar-refractivity contribution in [3.8, 4) is 0 Å². The van der Waals surface area contributed by atoms with Gasteiger partial charge in [-0.2, -0.15) is 0 Å². The molecule has 66 valence electrons. The normalized spacial score (nSPS) is 10.8. The molecule has 1 unspecified atom stereocenters. The van der Waals surface area contributed by atoms with Gasteiger partial charge < -0.3 is 0 Å². The fourth-order valence-corrected chi connectivity index (χ4v) is 0.371. The molecule has 0 rings (SSSR count). The fraction of sp³-hybridized carbons (Fsp3) is 0.636. The number of unbranched alkanes of at least 4 members (excludes halogenated alkanes) is 1. The zero-order valence-electron chi connectivity index (χ0n) is 8.27. The van der Waals surface area contributed by atoms with E-state index in [-0.39, 0.29) is 0 Å². The summed E-state index contributed by atoms with van der Waals surface area (Å²) in [6, 6.07) is 0. The van der Waals surface area contributed by atoms with E-state index in [0.29, 0.717) is 5.92 Å². The zero-order chi connectivity index (χ0) is 9.11. The SMILES string of the molecule is C=CC(C)CC.C=CCCC. The van der Waals surface area contributed by atoms with Gasteiger partial charge in [0.05, 0.1) is 0 Å². The first-order valence-corrected chi connectivity index (χ1v) is 4.46. The Balaban J connectivity index is 0. The van der Waals surface area contributed by atoms with Crippen LogP contribution in [0.2, 0.25) is 0 Å². The maximum atomic E-state index is 3.63. The van der Waals surface area contributed by atoms with Gasteiger partial charge >= 0.3 is 0 Å². The average Bonchev–Trinajstić information content (AvgIpc) is 2.06. The van der Waals surface area contributed by atoms with E-state index in [4.69, 9.17) is 0 Å². The summed E-state index contributed by atoms with van der Waals surface area (Å²) in [4.78, 5) is 0. The Morgan fingerprint density at radius 3 is 1.82 bits per heavy atom. The van der Waals surface area contributed by atoms with Gasteiger partial charge in [-0.05, 0) is 12.3 Å². The van der Waals surface area contributed by atoms with Gasteiger partial charge in [0.15, 0.2) is 0 Å². The molecule has 0 aromatic heterocycles. The van der Waals surface area contributed by atoms with E-state index in [0.717, 1.165) is 6.42 Å². The minimum atomic E-state index is 0.699. The molecule has 0 aliphatic rings. The third kappa shape index (κ3) is 17.7. The molecule has 0 amide bonds. The lowest BCUT2D eigenvalue weighted by molar-refractivity contribution is 0.700. The molecule has 0 aliphatic carbocycles. The second kappa shape index (κ2) is 12.2. The molecule has 0 heterocycles. The van der Waals surface area contributed by atoms with Crippen molar-refractivity contribution in [1.82, 2.24) is 0 Å². The van der Waals surface area contributed by atoms with Crippen molar-refractivity contribution in [3.63, 3.8) is 0 Å². The quantitative estimate of drug-likeness (QED) is 0.533. The predicted molar refractivity (Wildman–Crippen MR) is 54.8 cm³/mol. The Morgan fingerprint density at radius 1 is 1.27 bits per heavy atom. The summed E-state index contributed by atoms with van der Waals surface area (Å²) in [6.07, 6.45) is 7.49. The van der Waals surface area contributed by atoms with Crippen LogP contribution in [0.25, 0.3) is 0 Å². The van der Waals surface area contributed by atoms with Crippen LogP contribution in [0.5, 0.6) is 0 Å². The van der Waals surface area contributed by atoms with Crippen LogP contribution >= 0.6 is 0 Å². The monoisotopic (exact) mass is 154 g/mol. The van der Waals surface area contributed by atoms with Crippen molar-refractivity contribution in [3.05, 3.63) is 25.3 Å². The topological polar surface area (TPSA) is 0 Å². The highest BCUT2D eigenvalue weighted by atomic mass is 13.9. The lowest BCUT2D eigenvalue weighted by Gasteiger charge is -1.93. The molecular weight excluding hydrogens is 132 g/mol. The molecule has 1 atom stereocenters. The maximum Gasteiger partial charge on any atom is -0.0267 e. The molecule has 0 spiro atoms. The zero-order valence-corrected chi connectivity index (χ0v) is 8.27. The van der Waals surface area contributed by atoms with Crippen LogP contribution < -0.4 is 0 Å². The molecular formula is C11H22. The number of hydrogen-bond donors (Lipinski definition) is 0. The van der Waals surface area contributed by atoms with E-state index in [1.54, 1.807) is 0 Å². The summed E-state index contributed by atoms with van der Waals surface area (Å²) in [5.74, 6) is 0.699. The Hall–Kier alpha value is -0.520. The standard InChI is InChI=1S/C6H12.C5H10/c1-4-6(3)5-2;1-3-5-4-2/h4,6H,1,5H2,2-3H3;3H,1,4-5H2,2H3. The average molecular weight is 154 g/mol. The highest BCUT2D eigenvalue weighted by Gasteiger charge is 1.84. The van der Waals surface area contributed by atoms with E-state index in [9.17, 15) is 0 Å². The summed E-state index contributed by atoms with van der Waals surface area (Å²) in [5, 5.41) is 0. The van der Waals surface area contributed by atoms with Gasteiger partial charge in [0.25, 0.3) is 0 Å². The summed E-state index contributed by atoms with van der Waals surface area (Å²) >= 11 is 0. The van der Waals surface area contributed by atoms with Gasteiger partial charge in [-0.25, -0.2) is 0 Å². The van der Waals surface area contributed by atoms with Gasteiger partial charge in [-0.15, -0.1) is 13.2 Å². The first-order valence-electron chi connectivity index (χ1n) is 4.46. The fourth-order valence-electron chi connectivity index (χ4n) is 0.371. The first kappa shape index (κ1) is 13.1. The molecule has 0 fully saturated rings. The molecule has 0 N–H and O–H groups in total. The van der Waals surface area contributed by atoms with Crippen molar-refractivity contribution in [2.24, 2.45) is 5.92 Å². The maximum absolute atomic E-state index is 3.63. The van der Waals surface area contributed by atoms with Crippen LogP contribution in [0.15, 0.2) is 25.3 Å². The Labute approximate surface area is 72.0 Å². The van der Waals surface area contributed by atoms with E-state index in [1.165, 1.54) is 12.8 Å². The molecule has 0 bridgehead atoms. The first-order chi connectivity index (χ1) is 5.22. The van der Waals surface area contributed by atoms with Crippen LogP contribution in [0.1, 0.15) is 40.0 Å². The van der Waals surface area contributed by atoms with E-state index >= 15 is 0 Å². The van der Waals surface area contributed by atoms with Crippen molar-refractivity contribution >= 4 is 0 Å². The van der Waals surface area contributed by atoms with Gasteiger partial charge in [-0.1, -0.05) is 45.8 Å². The summed E-state index contributed by atoms with van der Waals surface area (Å²) in [5.41, 5.74) is 0. The van der Waals surface area contributed by atoms with Crippen molar-refractivity contribution in [2.75, 3.05) is 0 Å². The summed E-state index contributed by atoms with van der Waals surface area (Å²) in [6.45, 7) is 13.6. The lowest BCUT2D eigenvalue weighted by Crippen LogP contribution is -1.80. The van der Waals surface area contributed by atoms with E-state index < -0.39 is 0 Å². The molecule has 0 aromatic carbocycles. The smallest absolute Gasteiger partial charge is 0.0267 e. The van der Waals surface area contributed by atoms with Gasteiger partial charge in [-0.3, -0.25) is 0 Å².